The molecule has 0 unspecified atom stereocenters. The van der Waals surface area contributed by atoms with E-state index >= 15 is 0 Å². The lowest BCUT2D eigenvalue weighted by Crippen LogP contribution is -2.29. The minimum atomic E-state index is 0.0758. The minimum absolute atomic E-state index is 0.0758. The Morgan fingerprint density at radius 3 is 2.67 bits per heavy atom. The van der Waals surface area contributed by atoms with Crippen LogP contribution >= 0.6 is 0 Å². The standard InChI is InChI=1S/C22H26N2O3/c1-12(2)9-17-20-13(3)24-27-22(20)23-18-10-15(11-19(25)21(17)18)14-5-7-16(26-4)8-6-14/h5-8,12,15,17,23H,9-11H2,1-4H3/t15-,17-/m1/s1. The van der Waals surface area contributed by atoms with Gasteiger partial charge in [0.05, 0.1) is 12.8 Å². The number of aromatic nitrogens is 1. The molecular formula is C22H26N2O3. The first kappa shape index (κ1) is 17.8. The number of methoxy groups -OCH3 is 1. The summed E-state index contributed by atoms with van der Waals surface area (Å²) in [6.07, 6.45) is 2.27. The molecule has 1 aliphatic heterocycles. The molecule has 0 bridgehead atoms. The first-order valence-corrected chi connectivity index (χ1v) is 9.61. The van der Waals surface area contributed by atoms with Crippen molar-refractivity contribution >= 4 is 11.7 Å². The lowest BCUT2D eigenvalue weighted by Gasteiger charge is -2.35. The van der Waals surface area contributed by atoms with Gasteiger partial charge < -0.3 is 14.6 Å². The lowest BCUT2D eigenvalue weighted by molar-refractivity contribution is -0.116. The normalized spacial score (nSPS) is 21.7. The van der Waals surface area contributed by atoms with Crippen LogP contribution in [-0.2, 0) is 4.79 Å². The number of allylic oxidation sites excluding steroid dienone is 2. The van der Waals surface area contributed by atoms with Gasteiger partial charge in [-0.2, -0.15) is 0 Å². The van der Waals surface area contributed by atoms with Crippen molar-refractivity contribution in [2.24, 2.45) is 5.92 Å². The number of carbonyl (C=O) groups excluding carboxylic acids is 1. The highest BCUT2D eigenvalue weighted by Crippen LogP contribution is 2.48. The maximum atomic E-state index is 13.2. The molecule has 1 aliphatic carbocycles. The molecule has 0 spiro atoms. The van der Waals surface area contributed by atoms with Gasteiger partial charge in [-0.05, 0) is 49.3 Å². The van der Waals surface area contributed by atoms with Crippen LogP contribution in [0.25, 0.3) is 0 Å². The number of Topliss-reactive ketones (excluding diaryl/α,β-unsaturated/α-hetero) is 1. The zero-order valence-electron chi connectivity index (χ0n) is 16.3. The molecule has 142 valence electrons. The zero-order valence-corrected chi connectivity index (χ0v) is 16.3. The number of nitrogens with one attached hydrogen (secondary N) is 1. The number of aryl methyl sites for hydroxylation is 1. The SMILES string of the molecule is COc1ccc([C@H]2CC(=O)C3=C(C2)Nc2onc(C)c2[C@H]3CC(C)C)cc1. The molecule has 27 heavy (non-hydrogen) atoms. The summed E-state index contributed by atoms with van der Waals surface area (Å²) < 4.78 is 10.8. The summed E-state index contributed by atoms with van der Waals surface area (Å²) in [6, 6.07) is 8.02. The van der Waals surface area contributed by atoms with E-state index in [9.17, 15) is 4.79 Å². The minimum Gasteiger partial charge on any atom is -0.497 e. The Balaban J connectivity index is 1.69. The summed E-state index contributed by atoms with van der Waals surface area (Å²) in [5.74, 6) is 2.50. The van der Waals surface area contributed by atoms with Gasteiger partial charge in [-0.3, -0.25) is 4.79 Å². The number of ether oxygens (including phenoxy) is 1. The molecule has 5 heteroatoms. The molecule has 4 rings (SSSR count). The van der Waals surface area contributed by atoms with Crippen molar-refractivity contribution < 1.29 is 14.1 Å². The molecular weight excluding hydrogens is 340 g/mol. The van der Waals surface area contributed by atoms with E-state index < -0.39 is 0 Å². The fourth-order valence-electron chi connectivity index (χ4n) is 4.43. The van der Waals surface area contributed by atoms with Gasteiger partial charge in [-0.15, -0.1) is 0 Å². The Morgan fingerprint density at radius 1 is 1.26 bits per heavy atom. The maximum Gasteiger partial charge on any atom is 0.232 e. The van der Waals surface area contributed by atoms with Crippen molar-refractivity contribution in [3.63, 3.8) is 0 Å². The third-order valence-corrected chi connectivity index (χ3v) is 5.67. The molecule has 0 saturated carbocycles. The predicted molar refractivity (Wildman–Crippen MR) is 104 cm³/mol. The Hall–Kier alpha value is -2.56. The molecule has 1 aromatic heterocycles. The quantitative estimate of drug-likeness (QED) is 0.829. The summed E-state index contributed by atoms with van der Waals surface area (Å²) >= 11 is 0. The topological polar surface area (TPSA) is 64.4 Å². The summed E-state index contributed by atoms with van der Waals surface area (Å²) in [5.41, 5.74) is 5.03. The molecule has 0 amide bonds. The fraction of sp³-hybridized carbons (Fsp3) is 0.455. The van der Waals surface area contributed by atoms with Crippen molar-refractivity contribution in [3.8, 4) is 5.75 Å². The molecule has 0 saturated heterocycles. The van der Waals surface area contributed by atoms with Gasteiger partial charge in [-0.1, -0.05) is 31.1 Å². The van der Waals surface area contributed by atoms with E-state index in [4.69, 9.17) is 9.26 Å². The number of ketones is 1. The van der Waals surface area contributed by atoms with Gasteiger partial charge in [0, 0.05) is 29.2 Å². The van der Waals surface area contributed by atoms with Crippen LogP contribution in [0.1, 0.15) is 61.8 Å². The number of fused-ring (bicyclic) bond motifs is 1. The highest BCUT2D eigenvalue weighted by atomic mass is 16.5. The second kappa shape index (κ2) is 6.87. The first-order valence-electron chi connectivity index (χ1n) is 9.61. The third-order valence-electron chi connectivity index (χ3n) is 5.67. The zero-order chi connectivity index (χ0) is 19.1. The number of hydrogen-bond acceptors (Lipinski definition) is 5. The van der Waals surface area contributed by atoms with Crippen LogP contribution in [-0.4, -0.2) is 18.0 Å². The number of nitrogens with zero attached hydrogens (tertiary/aromatic N) is 1. The van der Waals surface area contributed by atoms with Crippen LogP contribution in [0.5, 0.6) is 5.75 Å². The highest BCUT2D eigenvalue weighted by Gasteiger charge is 2.40. The Morgan fingerprint density at radius 2 is 2.00 bits per heavy atom. The van der Waals surface area contributed by atoms with Crippen LogP contribution in [0.4, 0.5) is 5.88 Å². The molecule has 2 aromatic rings. The number of benzene rings is 1. The second-order valence-electron chi connectivity index (χ2n) is 8.01. The average Bonchev–Trinajstić information content (AvgIpc) is 3.01. The molecule has 5 nitrogen and oxygen atoms in total. The highest BCUT2D eigenvalue weighted by molar-refractivity contribution is 6.00. The van der Waals surface area contributed by atoms with Crippen LogP contribution < -0.4 is 10.1 Å². The van der Waals surface area contributed by atoms with E-state index in [0.29, 0.717) is 18.2 Å². The van der Waals surface area contributed by atoms with Gasteiger partial charge in [-0.25, -0.2) is 0 Å². The van der Waals surface area contributed by atoms with Crippen LogP contribution in [0.2, 0.25) is 0 Å². The van der Waals surface area contributed by atoms with Gasteiger partial charge in [0.25, 0.3) is 0 Å². The van der Waals surface area contributed by atoms with Gasteiger partial charge in [0.2, 0.25) is 5.88 Å². The van der Waals surface area contributed by atoms with E-state index in [0.717, 1.165) is 46.7 Å². The summed E-state index contributed by atoms with van der Waals surface area (Å²) in [4.78, 5) is 13.2. The number of anilines is 1. The second-order valence-corrected chi connectivity index (χ2v) is 8.01. The predicted octanol–water partition coefficient (Wildman–Crippen LogP) is 4.95. The fourth-order valence-corrected chi connectivity index (χ4v) is 4.43. The smallest absolute Gasteiger partial charge is 0.232 e. The monoisotopic (exact) mass is 366 g/mol. The first-order chi connectivity index (χ1) is 13.0. The number of hydrogen-bond donors (Lipinski definition) is 1. The summed E-state index contributed by atoms with van der Waals surface area (Å²) in [6.45, 7) is 6.34. The van der Waals surface area contributed by atoms with Gasteiger partial charge in [0.15, 0.2) is 5.78 Å². The Kier molecular flexibility index (Phi) is 4.54. The molecule has 1 N–H and O–H groups in total. The van der Waals surface area contributed by atoms with E-state index in [1.807, 2.05) is 19.1 Å². The van der Waals surface area contributed by atoms with Crippen LogP contribution in [0, 0.1) is 12.8 Å². The maximum absolute atomic E-state index is 13.2. The van der Waals surface area contributed by atoms with Crippen molar-refractivity contribution in [1.82, 2.24) is 5.16 Å². The van der Waals surface area contributed by atoms with Crippen molar-refractivity contribution in [1.29, 1.82) is 0 Å². The van der Waals surface area contributed by atoms with Crippen LogP contribution in [0.3, 0.4) is 0 Å². The summed E-state index contributed by atoms with van der Waals surface area (Å²) in [7, 11) is 1.66. The molecule has 1 aromatic carbocycles. The molecule has 0 radical (unpaired) electrons. The van der Waals surface area contributed by atoms with Gasteiger partial charge in [0.1, 0.15) is 5.75 Å². The Bertz CT molecular complexity index is 893. The van der Waals surface area contributed by atoms with Crippen molar-refractivity contribution in [2.75, 3.05) is 12.4 Å². The lowest BCUT2D eigenvalue weighted by atomic mass is 9.72. The van der Waals surface area contributed by atoms with Crippen molar-refractivity contribution in [2.45, 2.75) is 51.9 Å². The van der Waals surface area contributed by atoms with E-state index in [2.05, 4.69) is 36.5 Å². The van der Waals surface area contributed by atoms with Crippen LogP contribution in [0.15, 0.2) is 40.1 Å². The molecule has 2 heterocycles. The third kappa shape index (κ3) is 3.15. The molecule has 2 atom stereocenters. The van der Waals surface area contributed by atoms with E-state index in [-0.39, 0.29) is 17.6 Å². The Labute approximate surface area is 159 Å². The van der Waals surface area contributed by atoms with Crippen molar-refractivity contribution in [3.05, 3.63) is 52.4 Å². The van der Waals surface area contributed by atoms with Gasteiger partial charge >= 0.3 is 0 Å². The molecule has 0 fully saturated rings. The molecule has 2 aliphatic rings. The number of rotatable bonds is 4. The average molecular weight is 366 g/mol. The van der Waals surface area contributed by atoms with E-state index in [1.54, 1.807) is 7.11 Å². The largest absolute Gasteiger partial charge is 0.497 e. The number of carbonyl (C=O) groups is 1. The summed E-state index contributed by atoms with van der Waals surface area (Å²) in [5, 5.41) is 7.53. The van der Waals surface area contributed by atoms with E-state index in [1.165, 1.54) is 0 Å².